The molecule has 1 unspecified atom stereocenters. The van der Waals surface area contributed by atoms with Crippen LogP contribution in [0.5, 0.6) is 0 Å². The van der Waals surface area contributed by atoms with Crippen molar-refractivity contribution in [2.24, 2.45) is 22.7 Å². The van der Waals surface area contributed by atoms with E-state index in [1.165, 1.54) is 19.1 Å². The van der Waals surface area contributed by atoms with Crippen LogP contribution in [0.15, 0.2) is 102 Å². The van der Waals surface area contributed by atoms with Crippen LogP contribution < -0.4 is 5.32 Å². The van der Waals surface area contributed by atoms with Crippen molar-refractivity contribution in [3.05, 3.63) is 119 Å². The molecule has 1 saturated heterocycles. The van der Waals surface area contributed by atoms with Gasteiger partial charge in [0.15, 0.2) is 23.6 Å². The van der Waals surface area contributed by atoms with E-state index >= 15 is 4.79 Å². The van der Waals surface area contributed by atoms with E-state index in [9.17, 15) is 34.2 Å². The number of carbonyl (C=O) groups excluding carboxylic acids is 6. The van der Waals surface area contributed by atoms with Gasteiger partial charge in [0, 0.05) is 36.7 Å². The predicted octanol–water partition coefficient (Wildman–Crippen LogP) is 5.01. The fourth-order valence-electron chi connectivity index (χ4n) is 10.5. The Balaban J connectivity index is 1.39. The van der Waals surface area contributed by atoms with E-state index in [1.54, 1.807) is 107 Å². The van der Waals surface area contributed by atoms with Crippen LogP contribution in [0, 0.1) is 22.7 Å². The summed E-state index contributed by atoms with van der Waals surface area (Å²) >= 11 is 0. The maximum absolute atomic E-state index is 15.6. The molecule has 14 nitrogen and oxygen atoms in total. The van der Waals surface area contributed by atoms with E-state index in [4.69, 9.17) is 23.7 Å². The summed E-state index contributed by atoms with van der Waals surface area (Å²) in [6.45, 7) is 10.5. The molecule has 2 bridgehead atoms. The summed E-state index contributed by atoms with van der Waals surface area (Å²) in [4.78, 5) is 83.9. The van der Waals surface area contributed by atoms with Crippen LogP contribution in [0.4, 0.5) is 0 Å². The number of ketones is 1. The molecule has 3 aromatic carbocycles. The average Bonchev–Trinajstić information content (AvgIpc) is 3.24. The second kappa shape index (κ2) is 16.5. The largest absolute Gasteiger partial charge is 0.456 e. The topological polar surface area (TPSA) is 201 Å². The predicted molar refractivity (Wildman–Crippen MR) is 221 cm³/mol. The molecule has 3 fully saturated rings. The minimum atomic E-state index is -2.28. The molecule has 0 radical (unpaired) electrons. The summed E-state index contributed by atoms with van der Waals surface area (Å²) in [6.07, 6.45) is -7.75. The average molecular weight is 852 g/mol. The van der Waals surface area contributed by atoms with E-state index < -0.39 is 112 Å². The van der Waals surface area contributed by atoms with Crippen molar-refractivity contribution < 1.29 is 62.7 Å². The van der Waals surface area contributed by atoms with Gasteiger partial charge in [0.1, 0.15) is 23.9 Å². The third-order valence-corrected chi connectivity index (χ3v) is 13.9. The maximum atomic E-state index is 15.6. The lowest BCUT2D eigenvalue weighted by Gasteiger charge is -2.68. The Kier molecular flexibility index (Phi) is 11.8. The van der Waals surface area contributed by atoms with Crippen molar-refractivity contribution in [1.82, 2.24) is 5.32 Å². The number of Topliss-reactive ketones (excluding diaryl/α,β-unsaturated/α-hetero) is 1. The summed E-state index contributed by atoms with van der Waals surface area (Å²) in [5, 5.41) is 28.3. The van der Waals surface area contributed by atoms with Crippen molar-refractivity contribution in [3.63, 3.8) is 0 Å². The van der Waals surface area contributed by atoms with Gasteiger partial charge in [-0.1, -0.05) is 94.4 Å². The number of esters is 4. The highest BCUT2D eigenvalue weighted by Gasteiger charge is 2.77. The molecule has 3 aliphatic carbocycles. The number of hydrogen-bond acceptors (Lipinski definition) is 13. The van der Waals surface area contributed by atoms with E-state index in [0.717, 1.165) is 6.92 Å². The van der Waals surface area contributed by atoms with Gasteiger partial charge >= 0.3 is 23.9 Å². The maximum Gasteiger partial charge on any atom is 0.338 e. The summed E-state index contributed by atoms with van der Waals surface area (Å²) in [7, 11) is 0. The molecule has 0 aromatic heterocycles. The number of aliphatic hydroxyl groups excluding tert-OH is 1. The summed E-state index contributed by atoms with van der Waals surface area (Å²) in [5.41, 5.74) is -5.93. The fourth-order valence-corrected chi connectivity index (χ4v) is 10.5. The van der Waals surface area contributed by atoms with E-state index in [1.807, 2.05) is 6.92 Å². The van der Waals surface area contributed by atoms with Gasteiger partial charge in [-0.25, -0.2) is 9.59 Å². The van der Waals surface area contributed by atoms with Crippen molar-refractivity contribution in [1.29, 1.82) is 0 Å². The molecule has 3 aromatic rings. The monoisotopic (exact) mass is 851 g/mol. The van der Waals surface area contributed by atoms with Crippen LogP contribution in [0.3, 0.4) is 0 Å². The molecule has 3 N–H and O–H groups in total. The number of amides is 1. The number of nitrogens with one attached hydrogen (secondary N) is 1. The first-order chi connectivity index (χ1) is 29.3. The highest BCUT2D eigenvalue weighted by molar-refractivity contribution is 5.96. The molecule has 4 aliphatic rings. The minimum absolute atomic E-state index is 0.108. The van der Waals surface area contributed by atoms with E-state index in [0.29, 0.717) is 5.56 Å². The highest BCUT2D eigenvalue weighted by atomic mass is 16.6. The molecule has 1 aliphatic heterocycles. The van der Waals surface area contributed by atoms with Crippen molar-refractivity contribution in [2.75, 3.05) is 6.61 Å². The number of rotatable bonds is 10. The number of aliphatic hydroxyl groups is 2. The van der Waals surface area contributed by atoms with Crippen LogP contribution in [0.25, 0.3) is 0 Å². The molecule has 1 heterocycles. The van der Waals surface area contributed by atoms with Crippen LogP contribution in [0.2, 0.25) is 0 Å². The number of carbonyl (C=O) groups is 6. The molecule has 2 saturated carbocycles. The Labute approximate surface area is 359 Å². The summed E-state index contributed by atoms with van der Waals surface area (Å²) in [5.74, 6) is -6.60. The van der Waals surface area contributed by atoms with Crippen LogP contribution in [0.1, 0.15) is 93.6 Å². The Morgan fingerprint density at radius 2 is 1.40 bits per heavy atom. The molecular formula is C48H53NO13. The van der Waals surface area contributed by atoms with Gasteiger partial charge in [0.25, 0.3) is 5.91 Å². The zero-order chi connectivity index (χ0) is 44.9. The smallest absolute Gasteiger partial charge is 0.338 e. The molecule has 328 valence electrons. The third kappa shape index (κ3) is 7.31. The molecule has 1 amide bonds. The van der Waals surface area contributed by atoms with Gasteiger partial charge in [-0.2, -0.15) is 0 Å². The van der Waals surface area contributed by atoms with Crippen LogP contribution in [-0.4, -0.2) is 94.1 Å². The first-order valence-electron chi connectivity index (χ1n) is 20.8. The van der Waals surface area contributed by atoms with E-state index in [-0.39, 0.29) is 35.3 Å². The number of benzene rings is 3. The second-order valence-corrected chi connectivity index (χ2v) is 17.7. The summed E-state index contributed by atoms with van der Waals surface area (Å²) in [6, 6.07) is 23.3. The van der Waals surface area contributed by atoms with Crippen molar-refractivity contribution in [3.8, 4) is 0 Å². The van der Waals surface area contributed by atoms with Crippen LogP contribution >= 0.6 is 0 Å². The molecule has 62 heavy (non-hydrogen) atoms. The normalized spacial score (nSPS) is 31.9. The van der Waals surface area contributed by atoms with Gasteiger partial charge in [-0.3, -0.25) is 19.2 Å². The molecule has 11 atom stereocenters. The van der Waals surface area contributed by atoms with Gasteiger partial charge in [0.05, 0.1) is 24.1 Å². The lowest BCUT2D eigenvalue weighted by atomic mass is 9.43. The van der Waals surface area contributed by atoms with Gasteiger partial charge < -0.3 is 39.2 Å². The second-order valence-electron chi connectivity index (χ2n) is 17.7. The van der Waals surface area contributed by atoms with E-state index in [2.05, 4.69) is 5.32 Å². The SMILES string of the molecule is CC(=O)O[C@H]1C(=O)[C@@]2(C)[C@H]([C@H](OC(=O)c3ccccc3)[C@]3(O)CC(OC(=O)[C@H](O)[C@@H](NC(=O)c4ccccc4)c4ccccc4)C(C)=C1C3(C)C)[C@]1(OC(C)=O)CO[C@@H]1C[C@@H]2C. The molecular weight excluding hydrogens is 799 g/mol. The van der Waals surface area contributed by atoms with Gasteiger partial charge in [-0.05, 0) is 60.2 Å². The zero-order valence-corrected chi connectivity index (χ0v) is 35.8. The Bertz CT molecular complexity index is 2280. The first-order valence-corrected chi connectivity index (χ1v) is 20.8. The number of hydrogen-bond donors (Lipinski definition) is 3. The van der Waals surface area contributed by atoms with Crippen molar-refractivity contribution >= 4 is 35.6 Å². The molecule has 0 spiro atoms. The number of ether oxygens (including phenoxy) is 5. The summed E-state index contributed by atoms with van der Waals surface area (Å²) < 4.78 is 30.8. The minimum Gasteiger partial charge on any atom is -0.456 e. The third-order valence-electron chi connectivity index (χ3n) is 13.9. The Hall–Kier alpha value is -5.70. The van der Waals surface area contributed by atoms with Crippen molar-refractivity contribution in [2.45, 2.75) is 109 Å². The van der Waals surface area contributed by atoms with Gasteiger partial charge in [0.2, 0.25) is 0 Å². The quantitative estimate of drug-likeness (QED) is 0.140. The Morgan fingerprint density at radius 3 is 1.95 bits per heavy atom. The highest BCUT2D eigenvalue weighted by Crippen LogP contribution is 2.65. The zero-order valence-electron chi connectivity index (χ0n) is 35.8. The first kappa shape index (κ1) is 44.4. The van der Waals surface area contributed by atoms with Crippen LogP contribution in [-0.2, 0) is 42.9 Å². The fraction of sp³-hybridized carbons (Fsp3) is 0.458. The lowest BCUT2D eigenvalue weighted by Crippen LogP contribution is -2.80. The van der Waals surface area contributed by atoms with Gasteiger partial charge in [-0.15, -0.1) is 0 Å². The Morgan fingerprint density at radius 1 is 0.823 bits per heavy atom. The lowest BCUT2D eigenvalue weighted by molar-refractivity contribution is -0.340. The number of fused-ring (bicyclic) bond motifs is 5. The standard InChI is InChI=1S/C48H53NO13/c1-26-23-34-47(25-58-34,62-29(4)51)39-41(61-43(55)32-21-15-10-16-22-32)48(57)24-33(27(2)35(45(48,5)6)38(59-28(3)50)40(53)46(26,39)7)60-44(56)37(52)36(30-17-11-8-12-18-30)49-42(54)31-19-13-9-14-20-31/h8-22,26,33-34,36-39,41,52,57H,23-25H2,1-7H3,(H,49,54)/t26-,33?,34+,36-,37+,38+,39-,41-,46+,47-,48+/m0/s1. The molecule has 14 heteroatoms. The molecule has 7 rings (SSSR count).